The zero-order valence-corrected chi connectivity index (χ0v) is 15.9. The molecule has 0 N–H and O–H groups in total. The van der Waals surface area contributed by atoms with Gasteiger partial charge in [-0.15, -0.1) is 0 Å². The normalized spacial score (nSPS) is 12.2. The van der Waals surface area contributed by atoms with E-state index < -0.39 is 0 Å². The van der Waals surface area contributed by atoms with Gasteiger partial charge in [0.25, 0.3) is 0 Å². The molecule has 0 fully saturated rings. The number of halogens is 1. The third kappa shape index (κ3) is 12.9. The van der Waals surface area contributed by atoms with E-state index >= 15 is 0 Å². The number of rotatable bonds is 6. The summed E-state index contributed by atoms with van der Waals surface area (Å²) in [6, 6.07) is 0. The van der Waals surface area contributed by atoms with Gasteiger partial charge in [0.1, 0.15) is 0 Å². The lowest BCUT2D eigenvalue weighted by molar-refractivity contribution is 0.224. The highest BCUT2D eigenvalue weighted by atomic mass is 127. The van der Waals surface area contributed by atoms with Crippen molar-refractivity contribution in [3.8, 4) is 0 Å². The van der Waals surface area contributed by atoms with Gasteiger partial charge in [-0.25, -0.2) is 3.11 Å². The summed E-state index contributed by atoms with van der Waals surface area (Å²) in [5.74, 6) is 0.851. The zero-order valence-electron chi connectivity index (χ0n) is 13.7. The molecular weight excluding hydrogens is 321 g/mol. The molecule has 0 saturated heterocycles. The summed E-state index contributed by atoms with van der Waals surface area (Å²) < 4.78 is 2.41. The minimum atomic E-state index is 0.351. The van der Waals surface area contributed by atoms with Crippen LogP contribution in [0.3, 0.4) is 0 Å². The summed E-state index contributed by atoms with van der Waals surface area (Å²) in [5.41, 5.74) is 0.351. The van der Waals surface area contributed by atoms with E-state index in [0.29, 0.717) is 5.54 Å². The third-order valence-corrected chi connectivity index (χ3v) is 4.55. The second kappa shape index (κ2) is 14.7. The van der Waals surface area contributed by atoms with Crippen LogP contribution in [0.1, 0.15) is 81.6 Å². The van der Waals surface area contributed by atoms with E-state index in [1.807, 2.05) is 27.7 Å². The van der Waals surface area contributed by atoms with E-state index in [9.17, 15) is 0 Å². The summed E-state index contributed by atoms with van der Waals surface area (Å²) in [5, 5.41) is 0. The van der Waals surface area contributed by atoms with E-state index in [-0.39, 0.29) is 0 Å². The summed E-state index contributed by atoms with van der Waals surface area (Å²) >= 11 is 2.44. The van der Waals surface area contributed by atoms with Gasteiger partial charge in [0.15, 0.2) is 0 Å². The smallest absolute Gasteiger partial charge is 0.0251 e. The summed E-state index contributed by atoms with van der Waals surface area (Å²) in [7, 11) is 0. The first-order valence-corrected chi connectivity index (χ1v) is 8.34. The summed E-state index contributed by atoms with van der Waals surface area (Å²) in [4.78, 5) is 0. The van der Waals surface area contributed by atoms with Crippen LogP contribution in [0.25, 0.3) is 0 Å². The van der Waals surface area contributed by atoms with Gasteiger partial charge < -0.3 is 0 Å². The fourth-order valence-corrected chi connectivity index (χ4v) is 2.17. The summed E-state index contributed by atoms with van der Waals surface area (Å²) in [6.45, 7) is 20.7. The molecular formula is C15H36IN. The molecule has 0 aliphatic carbocycles. The van der Waals surface area contributed by atoms with E-state index in [0.717, 1.165) is 12.5 Å². The van der Waals surface area contributed by atoms with Gasteiger partial charge in [0.2, 0.25) is 0 Å². The maximum Gasteiger partial charge on any atom is 0.0251 e. The van der Waals surface area contributed by atoms with Gasteiger partial charge in [-0.1, -0.05) is 61.3 Å². The molecule has 0 bridgehead atoms. The Bertz CT molecular complexity index is 135. The molecule has 0 aromatic carbocycles. The maximum absolute atomic E-state index is 2.44. The Hall–Kier alpha value is 0.690. The highest BCUT2D eigenvalue weighted by molar-refractivity contribution is 14.1. The monoisotopic (exact) mass is 357 g/mol. The van der Waals surface area contributed by atoms with Crippen LogP contribution in [0.5, 0.6) is 0 Å². The fraction of sp³-hybridized carbons (Fsp3) is 1.00. The van der Waals surface area contributed by atoms with Crippen LogP contribution in [0.15, 0.2) is 0 Å². The SMILES string of the molecule is CC.CC.CCCC(C)CC(C)(C)N(I)CC. The zero-order chi connectivity index (χ0) is 14.5. The Kier molecular flexibility index (Phi) is 19.8. The molecule has 2 heteroatoms. The molecule has 0 aromatic rings. The lowest BCUT2D eigenvalue weighted by Crippen LogP contribution is -2.38. The lowest BCUT2D eigenvalue weighted by atomic mass is 9.89. The van der Waals surface area contributed by atoms with E-state index in [1.165, 1.54) is 19.3 Å². The molecule has 0 aliphatic rings. The number of hydrogen-bond acceptors (Lipinski definition) is 1. The molecule has 0 saturated carbocycles. The first-order chi connectivity index (χ1) is 7.94. The highest BCUT2D eigenvalue weighted by Gasteiger charge is 2.25. The molecule has 0 heterocycles. The predicted molar refractivity (Wildman–Crippen MR) is 91.9 cm³/mol. The minimum absolute atomic E-state index is 0.351. The molecule has 1 atom stereocenters. The van der Waals surface area contributed by atoms with Crippen LogP contribution in [-0.4, -0.2) is 15.2 Å². The van der Waals surface area contributed by atoms with Crippen LogP contribution >= 0.6 is 22.9 Å². The average molecular weight is 357 g/mol. The largest absolute Gasteiger partial charge is 0.242 e. The fourth-order valence-electron chi connectivity index (χ4n) is 1.97. The maximum atomic E-state index is 2.44. The van der Waals surface area contributed by atoms with Crippen molar-refractivity contribution in [2.24, 2.45) is 5.92 Å². The highest BCUT2D eigenvalue weighted by Crippen LogP contribution is 2.28. The average Bonchev–Trinajstić information content (AvgIpc) is 2.32. The van der Waals surface area contributed by atoms with Gasteiger partial charge in [-0.05, 0) is 26.2 Å². The lowest BCUT2D eigenvalue weighted by Gasteiger charge is -2.35. The molecule has 1 nitrogen and oxygen atoms in total. The van der Waals surface area contributed by atoms with E-state index in [1.54, 1.807) is 0 Å². The van der Waals surface area contributed by atoms with Crippen molar-refractivity contribution < 1.29 is 0 Å². The Morgan fingerprint density at radius 1 is 1.06 bits per heavy atom. The van der Waals surface area contributed by atoms with Crippen molar-refractivity contribution in [2.75, 3.05) is 6.54 Å². The molecule has 0 aromatic heterocycles. The second-order valence-corrected chi connectivity index (χ2v) is 5.75. The van der Waals surface area contributed by atoms with Crippen molar-refractivity contribution in [3.63, 3.8) is 0 Å². The van der Waals surface area contributed by atoms with Crippen molar-refractivity contribution >= 4 is 22.9 Å². The Morgan fingerprint density at radius 3 is 1.76 bits per heavy atom. The predicted octanol–water partition coefficient (Wildman–Crippen LogP) is 6.32. The van der Waals surface area contributed by atoms with Crippen molar-refractivity contribution in [1.29, 1.82) is 0 Å². The van der Waals surface area contributed by atoms with E-state index in [4.69, 9.17) is 0 Å². The van der Waals surface area contributed by atoms with Gasteiger partial charge in [-0.2, -0.15) is 0 Å². The minimum Gasteiger partial charge on any atom is -0.242 e. The second-order valence-electron chi connectivity index (χ2n) is 4.59. The first-order valence-electron chi connectivity index (χ1n) is 7.37. The van der Waals surface area contributed by atoms with Crippen molar-refractivity contribution in [1.82, 2.24) is 3.11 Å². The molecule has 0 radical (unpaired) electrons. The molecule has 17 heavy (non-hydrogen) atoms. The van der Waals surface area contributed by atoms with Crippen molar-refractivity contribution in [2.45, 2.75) is 87.1 Å². The molecule has 0 rings (SSSR count). The van der Waals surface area contributed by atoms with Gasteiger partial charge in [0, 0.05) is 34.9 Å². The molecule has 0 aliphatic heterocycles. The number of hydrogen-bond donors (Lipinski definition) is 0. The standard InChI is InChI=1S/C11H24IN.2C2H6/c1-6-8-10(3)9-11(4,5)13(12)7-2;2*1-2/h10H,6-9H2,1-5H3;2*1-2H3. The Labute approximate surface area is 125 Å². The van der Waals surface area contributed by atoms with Crippen LogP contribution in [0.4, 0.5) is 0 Å². The van der Waals surface area contributed by atoms with E-state index in [2.05, 4.69) is 60.6 Å². The Balaban J connectivity index is -0.000000439. The summed E-state index contributed by atoms with van der Waals surface area (Å²) in [6.07, 6.45) is 3.97. The first kappa shape index (κ1) is 22.8. The van der Waals surface area contributed by atoms with Gasteiger partial charge in [-0.3, -0.25) is 0 Å². The van der Waals surface area contributed by atoms with Crippen LogP contribution < -0.4 is 0 Å². The third-order valence-electron chi connectivity index (χ3n) is 2.56. The Morgan fingerprint density at radius 2 is 1.47 bits per heavy atom. The van der Waals surface area contributed by atoms with Crippen LogP contribution in [0, 0.1) is 5.92 Å². The molecule has 1 unspecified atom stereocenters. The van der Waals surface area contributed by atoms with Crippen molar-refractivity contribution in [3.05, 3.63) is 0 Å². The topological polar surface area (TPSA) is 3.24 Å². The molecule has 108 valence electrons. The van der Waals surface area contributed by atoms with Gasteiger partial charge in [0.05, 0.1) is 0 Å². The molecule has 0 amide bonds. The quantitative estimate of drug-likeness (QED) is 0.397. The molecule has 0 spiro atoms. The van der Waals surface area contributed by atoms with Gasteiger partial charge >= 0.3 is 0 Å². The number of nitrogens with zero attached hydrogens (tertiary/aromatic N) is 1. The van der Waals surface area contributed by atoms with Crippen LogP contribution in [-0.2, 0) is 0 Å². The van der Waals surface area contributed by atoms with Crippen LogP contribution in [0.2, 0.25) is 0 Å².